The van der Waals surface area contributed by atoms with E-state index in [1.807, 2.05) is 24.7 Å². The van der Waals surface area contributed by atoms with Gasteiger partial charge in [0.05, 0.1) is 4.88 Å². The van der Waals surface area contributed by atoms with Crippen molar-refractivity contribution in [1.29, 1.82) is 0 Å². The number of nitrogens with one attached hydrogen (secondary N) is 1. The molecule has 1 N–H and O–H groups in total. The maximum Gasteiger partial charge on any atom is 0.183 e. The average molecular weight is 247 g/mol. The molecule has 3 nitrogen and oxygen atoms in total. The number of aryl methyl sites for hydroxylation is 1. The molecule has 0 aliphatic carbocycles. The van der Waals surface area contributed by atoms with Gasteiger partial charge >= 0.3 is 0 Å². The Morgan fingerprint density at radius 1 is 1.35 bits per heavy atom. The van der Waals surface area contributed by atoms with Crippen LogP contribution in [0.25, 0.3) is 10.4 Å². The molecule has 0 unspecified atom stereocenters. The second kappa shape index (κ2) is 5.27. The van der Waals surface area contributed by atoms with Gasteiger partial charge in [-0.05, 0) is 24.5 Å². The van der Waals surface area contributed by atoms with Gasteiger partial charge < -0.3 is 5.32 Å². The van der Waals surface area contributed by atoms with Gasteiger partial charge in [-0.1, -0.05) is 25.2 Å². The molecule has 2 aromatic heterocycles. The minimum atomic E-state index is 0.627. The SMILES string of the molecule is Cc1ccncc1-c1cnc(NCC(C)C)s1. The number of rotatable bonds is 4. The standard InChI is InChI=1S/C13H17N3S/c1-9(2)6-15-13-16-8-12(17-13)11-7-14-5-4-10(11)3/h4-5,7-9H,6H2,1-3H3,(H,15,16). The Labute approximate surface area is 106 Å². The molecule has 0 aliphatic heterocycles. The fourth-order valence-electron chi connectivity index (χ4n) is 1.49. The van der Waals surface area contributed by atoms with Crippen molar-refractivity contribution in [2.45, 2.75) is 20.8 Å². The first kappa shape index (κ1) is 12.0. The van der Waals surface area contributed by atoms with Crippen LogP contribution in [0.3, 0.4) is 0 Å². The van der Waals surface area contributed by atoms with Crippen molar-refractivity contribution in [3.8, 4) is 10.4 Å². The highest BCUT2D eigenvalue weighted by molar-refractivity contribution is 7.18. The molecule has 0 spiro atoms. The monoisotopic (exact) mass is 247 g/mol. The summed E-state index contributed by atoms with van der Waals surface area (Å²) in [7, 11) is 0. The van der Waals surface area contributed by atoms with Crippen LogP contribution in [0.5, 0.6) is 0 Å². The van der Waals surface area contributed by atoms with Crippen LogP contribution < -0.4 is 5.32 Å². The minimum absolute atomic E-state index is 0.627. The van der Waals surface area contributed by atoms with Gasteiger partial charge in [-0.15, -0.1) is 0 Å². The predicted molar refractivity (Wildman–Crippen MR) is 73.4 cm³/mol. The van der Waals surface area contributed by atoms with E-state index in [0.29, 0.717) is 5.92 Å². The molecule has 0 saturated heterocycles. The third-order valence-electron chi connectivity index (χ3n) is 2.47. The molecule has 0 radical (unpaired) electrons. The van der Waals surface area contributed by atoms with E-state index in [1.165, 1.54) is 16.0 Å². The Hall–Kier alpha value is -1.42. The molecular formula is C13H17N3S. The predicted octanol–water partition coefficient (Wildman–Crippen LogP) is 3.58. The highest BCUT2D eigenvalue weighted by Gasteiger charge is 2.07. The van der Waals surface area contributed by atoms with Gasteiger partial charge in [-0.3, -0.25) is 4.98 Å². The normalized spacial score (nSPS) is 10.8. The number of aromatic nitrogens is 2. The maximum absolute atomic E-state index is 4.39. The van der Waals surface area contributed by atoms with Gasteiger partial charge in [-0.25, -0.2) is 4.98 Å². The zero-order valence-electron chi connectivity index (χ0n) is 10.4. The smallest absolute Gasteiger partial charge is 0.183 e. The van der Waals surface area contributed by atoms with E-state index in [-0.39, 0.29) is 0 Å². The van der Waals surface area contributed by atoms with E-state index in [4.69, 9.17) is 0 Å². The van der Waals surface area contributed by atoms with E-state index in [9.17, 15) is 0 Å². The summed E-state index contributed by atoms with van der Waals surface area (Å²) in [6, 6.07) is 2.02. The van der Waals surface area contributed by atoms with Gasteiger partial charge in [0, 0.05) is 30.7 Å². The third-order valence-corrected chi connectivity index (χ3v) is 3.46. The summed E-state index contributed by atoms with van der Waals surface area (Å²) in [6.45, 7) is 7.43. The maximum atomic E-state index is 4.39. The summed E-state index contributed by atoms with van der Waals surface area (Å²) in [5.41, 5.74) is 2.40. The number of anilines is 1. The van der Waals surface area contributed by atoms with Crippen molar-refractivity contribution in [2.75, 3.05) is 11.9 Å². The summed E-state index contributed by atoms with van der Waals surface area (Å²) in [5.74, 6) is 0.627. The molecule has 0 saturated carbocycles. The quantitative estimate of drug-likeness (QED) is 0.897. The summed E-state index contributed by atoms with van der Waals surface area (Å²) in [6.07, 6.45) is 5.63. The van der Waals surface area contributed by atoms with Gasteiger partial charge in [0.2, 0.25) is 0 Å². The van der Waals surface area contributed by atoms with Crippen molar-refractivity contribution >= 4 is 16.5 Å². The fourth-order valence-corrected chi connectivity index (χ4v) is 2.39. The number of pyridine rings is 1. The topological polar surface area (TPSA) is 37.8 Å². The van der Waals surface area contributed by atoms with Crippen LogP contribution in [0.2, 0.25) is 0 Å². The van der Waals surface area contributed by atoms with Gasteiger partial charge in [-0.2, -0.15) is 0 Å². The van der Waals surface area contributed by atoms with Gasteiger partial charge in [0.1, 0.15) is 0 Å². The second-order valence-electron chi connectivity index (χ2n) is 4.50. The Morgan fingerprint density at radius 3 is 2.88 bits per heavy atom. The summed E-state index contributed by atoms with van der Waals surface area (Å²) < 4.78 is 0. The largest absolute Gasteiger partial charge is 0.361 e. The first-order chi connectivity index (χ1) is 8.16. The molecule has 4 heteroatoms. The van der Waals surface area contributed by atoms with Crippen LogP contribution in [-0.2, 0) is 0 Å². The van der Waals surface area contributed by atoms with Crippen molar-refractivity contribution < 1.29 is 0 Å². The number of nitrogens with zero attached hydrogens (tertiary/aromatic N) is 2. The van der Waals surface area contributed by atoms with Gasteiger partial charge in [0.15, 0.2) is 5.13 Å². The van der Waals surface area contributed by atoms with Crippen LogP contribution in [0.1, 0.15) is 19.4 Å². The lowest BCUT2D eigenvalue weighted by Crippen LogP contribution is -2.07. The Morgan fingerprint density at radius 2 is 2.18 bits per heavy atom. The van der Waals surface area contributed by atoms with E-state index in [0.717, 1.165) is 11.7 Å². The van der Waals surface area contributed by atoms with Crippen LogP contribution in [0.15, 0.2) is 24.7 Å². The minimum Gasteiger partial charge on any atom is -0.361 e. The number of hydrogen-bond donors (Lipinski definition) is 1. The van der Waals surface area contributed by atoms with E-state index in [2.05, 4.69) is 36.1 Å². The second-order valence-corrected chi connectivity index (χ2v) is 5.53. The molecule has 0 amide bonds. The zero-order valence-corrected chi connectivity index (χ0v) is 11.2. The Balaban J connectivity index is 2.16. The van der Waals surface area contributed by atoms with E-state index in [1.54, 1.807) is 11.3 Å². The highest BCUT2D eigenvalue weighted by atomic mass is 32.1. The summed E-state index contributed by atoms with van der Waals surface area (Å²) >= 11 is 1.68. The van der Waals surface area contributed by atoms with Crippen LogP contribution >= 0.6 is 11.3 Å². The Bertz CT molecular complexity index is 491. The Kier molecular flexibility index (Phi) is 3.74. The van der Waals surface area contributed by atoms with Gasteiger partial charge in [0.25, 0.3) is 0 Å². The molecular weight excluding hydrogens is 230 g/mol. The molecule has 0 aliphatic rings. The lowest BCUT2D eigenvalue weighted by molar-refractivity contribution is 0.688. The average Bonchev–Trinajstić information content (AvgIpc) is 2.75. The zero-order chi connectivity index (χ0) is 12.3. The number of thiazole rings is 1. The molecule has 2 rings (SSSR count). The molecule has 90 valence electrons. The first-order valence-electron chi connectivity index (χ1n) is 5.77. The van der Waals surface area contributed by atoms with Crippen LogP contribution in [0.4, 0.5) is 5.13 Å². The molecule has 0 bridgehead atoms. The highest BCUT2D eigenvalue weighted by Crippen LogP contribution is 2.30. The summed E-state index contributed by atoms with van der Waals surface area (Å²) in [4.78, 5) is 9.72. The molecule has 0 fully saturated rings. The molecule has 0 aromatic carbocycles. The molecule has 2 aromatic rings. The molecule has 0 atom stereocenters. The van der Waals surface area contributed by atoms with Crippen molar-refractivity contribution in [3.63, 3.8) is 0 Å². The van der Waals surface area contributed by atoms with Crippen molar-refractivity contribution in [3.05, 3.63) is 30.2 Å². The van der Waals surface area contributed by atoms with Crippen LogP contribution in [0, 0.1) is 12.8 Å². The fraction of sp³-hybridized carbons (Fsp3) is 0.385. The van der Waals surface area contributed by atoms with Crippen molar-refractivity contribution in [1.82, 2.24) is 9.97 Å². The van der Waals surface area contributed by atoms with E-state index >= 15 is 0 Å². The lowest BCUT2D eigenvalue weighted by atomic mass is 10.1. The number of hydrogen-bond acceptors (Lipinski definition) is 4. The lowest BCUT2D eigenvalue weighted by Gasteiger charge is -2.04. The van der Waals surface area contributed by atoms with E-state index < -0.39 is 0 Å². The summed E-state index contributed by atoms with van der Waals surface area (Å²) in [5, 5.41) is 4.32. The first-order valence-corrected chi connectivity index (χ1v) is 6.59. The van der Waals surface area contributed by atoms with Crippen molar-refractivity contribution in [2.24, 2.45) is 5.92 Å². The van der Waals surface area contributed by atoms with Crippen LogP contribution in [-0.4, -0.2) is 16.5 Å². The molecule has 17 heavy (non-hydrogen) atoms. The molecule has 2 heterocycles. The third kappa shape index (κ3) is 3.03.